The molecule has 1 aliphatic carbocycles. The first-order chi connectivity index (χ1) is 12.4. The summed E-state index contributed by atoms with van der Waals surface area (Å²) in [5, 5.41) is 6.81. The standard InChI is InChI=1S/C16H10F3N5OS/c17-16(18,19)9-3-1-2-8-11(9)21-15(25)24-13(8)22-12(23-24)14-20-10(6-26-14)7-4-5-7/h1-3,6-7H,4-5H2,(H,21,25). The maximum atomic E-state index is 13.2. The summed E-state index contributed by atoms with van der Waals surface area (Å²) in [6, 6.07) is 3.69. The fourth-order valence-electron chi connectivity index (χ4n) is 2.94. The highest BCUT2D eigenvalue weighted by Gasteiger charge is 2.33. The van der Waals surface area contributed by atoms with Crippen molar-refractivity contribution in [2.45, 2.75) is 24.9 Å². The van der Waals surface area contributed by atoms with Crippen LogP contribution in [0, 0.1) is 0 Å². The summed E-state index contributed by atoms with van der Waals surface area (Å²) >= 11 is 1.36. The third-order valence-electron chi connectivity index (χ3n) is 4.35. The molecule has 0 aliphatic heterocycles. The van der Waals surface area contributed by atoms with Crippen molar-refractivity contribution in [2.24, 2.45) is 0 Å². The number of nitrogens with one attached hydrogen (secondary N) is 1. The van der Waals surface area contributed by atoms with E-state index < -0.39 is 17.4 Å². The fraction of sp³-hybridized carbons (Fsp3) is 0.250. The number of nitrogens with zero attached hydrogens (tertiary/aromatic N) is 4. The molecule has 6 nitrogen and oxygen atoms in total. The molecule has 1 saturated carbocycles. The summed E-state index contributed by atoms with van der Waals surface area (Å²) in [4.78, 5) is 23.3. The molecule has 3 aromatic heterocycles. The molecule has 0 atom stereocenters. The first kappa shape index (κ1) is 15.5. The minimum absolute atomic E-state index is 0.0769. The van der Waals surface area contributed by atoms with E-state index in [1.807, 2.05) is 5.38 Å². The zero-order chi connectivity index (χ0) is 18.1. The Hall–Kier alpha value is -2.75. The van der Waals surface area contributed by atoms with Gasteiger partial charge in [-0.2, -0.15) is 17.7 Å². The molecule has 1 aromatic carbocycles. The Morgan fingerprint density at radius 1 is 1.23 bits per heavy atom. The van der Waals surface area contributed by atoms with Crippen LogP contribution in [0.5, 0.6) is 0 Å². The van der Waals surface area contributed by atoms with Gasteiger partial charge in [-0.1, -0.05) is 6.07 Å². The number of hydrogen-bond acceptors (Lipinski definition) is 5. The van der Waals surface area contributed by atoms with E-state index in [9.17, 15) is 18.0 Å². The number of benzene rings is 1. The van der Waals surface area contributed by atoms with Crippen LogP contribution in [0.3, 0.4) is 0 Å². The lowest BCUT2D eigenvalue weighted by atomic mass is 10.1. The summed E-state index contributed by atoms with van der Waals surface area (Å²) in [6.07, 6.45) is -2.38. The number of hydrogen-bond donors (Lipinski definition) is 1. The van der Waals surface area contributed by atoms with Gasteiger partial charge in [-0.3, -0.25) is 0 Å². The molecule has 0 bridgehead atoms. The lowest BCUT2D eigenvalue weighted by Gasteiger charge is -2.09. The number of aromatic amines is 1. The van der Waals surface area contributed by atoms with Gasteiger partial charge < -0.3 is 4.98 Å². The number of fused-ring (bicyclic) bond motifs is 3. The van der Waals surface area contributed by atoms with Gasteiger partial charge in [-0.25, -0.2) is 14.8 Å². The zero-order valence-electron chi connectivity index (χ0n) is 13.0. The second-order valence-corrected chi connectivity index (χ2v) is 7.04. The third-order valence-corrected chi connectivity index (χ3v) is 5.21. The van der Waals surface area contributed by atoms with Crippen molar-refractivity contribution in [3.8, 4) is 10.8 Å². The van der Waals surface area contributed by atoms with E-state index in [0.717, 1.165) is 29.1 Å². The highest BCUT2D eigenvalue weighted by molar-refractivity contribution is 7.13. The molecule has 1 aliphatic rings. The Bertz CT molecular complexity index is 1220. The normalized spacial score (nSPS) is 15.2. The first-order valence-electron chi connectivity index (χ1n) is 7.86. The van der Waals surface area contributed by atoms with Gasteiger partial charge in [0.15, 0.2) is 10.7 Å². The van der Waals surface area contributed by atoms with Gasteiger partial charge in [0, 0.05) is 16.7 Å². The van der Waals surface area contributed by atoms with Gasteiger partial charge in [0.1, 0.15) is 0 Å². The van der Waals surface area contributed by atoms with Crippen molar-refractivity contribution >= 4 is 27.9 Å². The van der Waals surface area contributed by atoms with Crippen LogP contribution in [0.2, 0.25) is 0 Å². The van der Waals surface area contributed by atoms with E-state index in [-0.39, 0.29) is 22.4 Å². The minimum Gasteiger partial charge on any atom is -0.305 e. The zero-order valence-corrected chi connectivity index (χ0v) is 13.9. The molecule has 0 radical (unpaired) electrons. The molecular weight excluding hydrogens is 367 g/mol. The van der Waals surface area contributed by atoms with Crippen molar-refractivity contribution in [1.29, 1.82) is 0 Å². The molecule has 10 heteroatoms. The van der Waals surface area contributed by atoms with Gasteiger partial charge in [0.2, 0.25) is 5.82 Å². The average Bonchev–Trinajstić information content (AvgIpc) is 3.15. The summed E-state index contributed by atoms with van der Waals surface area (Å²) in [5.74, 6) is 0.702. The Labute approximate surface area is 147 Å². The van der Waals surface area contributed by atoms with Crippen LogP contribution in [-0.2, 0) is 6.18 Å². The largest absolute Gasteiger partial charge is 0.418 e. The van der Waals surface area contributed by atoms with Crippen LogP contribution in [0.1, 0.15) is 30.0 Å². The van der Waals surface area contributed by atoms with E-state index in [1.165, 1.54) is 23.5 Å². The number of H-pyrrole nitrogens is 1. The number of thiazole rings is 1. The highest BCUT2D eigenvalue weighted by Crippen LogP contribution is 2.41. The predicted octanol–water partition coefficient (Wildman–Crippen LogP) is 3.59. The number of alkyl halides is 3. The van der Waals surface area contributed by atoms with Gasteiger partial charge in [0.05, 0.1) is 16.8 Å². The number of aromatic nitrogens is 5. The van der Waals surface area contributed by atoms with Crippen LogP contribution in [-0.4, -0.2) is 24.6 Å². The molecule has 0 amide bonds. The van der Waals surface area contributed by atoms with Crippen molar-refractivity contribution in [3.63, 3.8) is 0 Å². The minimum atomic E-state index is -4.59. The second-order valence-electron chi connectivity index (χ2n) is 6.18. The SMILES string of the molecule is O=c1[nH]c2c(C(F)(F)F)cccc2c2nc(-c3nc(C4CC4)cs3)nn12. The van der Waals surface area contributed by atoms with Gasteiger partial charge in [-0.15, -0.1) is 16.4 Å². The Kier molecular flexibility index (Phi) is 3.06. The average molecular weight is 377 g/mol. The van der Waals surface area contributed by atoms with E-state index in [0.29, 0.717) is 10.9 Å². The Morgan fingerprint density at radius 2 is 2.04 bits per heavy atom. The molecule has 0 spiro atoms. The van der Waals surface area contributed by atoms with E-state index in [2.05, 4.69) is 20.1 Å². The third kappa shape index (κ3) is 2.32. The van der Waals surface area contributed by atoms with Crippen LogP contribution in [0.15, 0.2) is 28.4 Å². The monoisotopic (exact) mass is 377 g/mol. The highest BCUT2D eigenvalue weighted by atomic mass is 32.1. The Balaban J connectivity index is 1.75. The summed E-state index contributed by atoms with van der Waals surface area (Å²) in [5.41, 5.74) is -0.935. The summed E-state index contributed by atoms with van der Waals surface area (Å²) in [7, 11) is 0. The number of para-hydroxylation sites is 1. The summed E-state index contributed by atoms with van der Waals surface area (Å²) < 4.78 is 40.7. The van der Waals surface area contributed by atoms with E-state index in [4.69, 9.17) is 0 Å². The molecule has 0 saturated heterocycles. The topological polar surface area (TPSA) is 75.9 Å². The van der Waals surface area contributed by atoms with Crippen molar-refractivity contribution in [2.75, 3.05) is 0 Å². The Morgan fingerprint density at radius 3 is 2.77 bits per heavy atom. The van der Waals surface area contributed by atoms with Gasteiger partial charge in [0.25, 0.3) is 0 Å². The second kappa shape index (κ2) is 5.13. The quantitative estimate of drug-likeness (QED) is 0.579. The smallest absolute Gasteiger partial charge is 0.305 e. The van der Waals surface area contributed by atoms with E-state index in [1.54, 1.807) is 0 Å². The van der Waals surface area contributed by atoms with Gasteiger partial charge in [-0.05, 0) is 25.0 Å². The molecule has 5 rings (SSSR count). The molecule has 1 fully saturated rings. The number of halogens is 3. The van der Waals surface area contributed by atoms with Crippen LogP contribution >= 0.6 is 11.3 Å². The van der Waals surface area contributed by atoms with Crippen molar-refractivity contribution in [3.05, 3.63) is 45.3 Å². The summed E-state index contributed by atoms with van der Waals surface area (Å²) in [6.45, 7) is 0. The molecule has 1 N–H and O–H groups in total. The fourth-order valence-corrected chi connectivity index (χ4v) is 3.77. The predicted molar refractivity (Wildman–Crippen MR) is 89.2 cm³/mol. The maximum Gasteiger partial charge on any atom is 0.418 e. The van der Waals surface area contributed by atoms with Crippen LogP contribution in [0.4, 0.5) is 13.2 Å². The van der Waals surface area contributed by atoms with Crippen molar-refractivity contribution < 1.29 is 13.2 Å². The maximum absolute atomic E-state index is 13.2. The molecule has 26 heavy (non-hydrogen) atoms. The van der Waals surface area contributed by atoms with Crippen molar-refractivity contribution in [1.82, 2.24) is 24.6 Å². The first-order valence-corrected chi connectivity index (χ1v) is 8.74. The lowest BCUT2D eigenvalue weighted by molar-refractivity contribution is -0.136. The number of rotatable bonds is 2. The van der Waals surface area contributed by atoms with Crippen LogP contribution < -0.4 is 5.69 Å². The molecular formula is C16H10F3N5OS. The van der Waals surface area contributed by atoms with Gasteiger partial charge >= 0.3 is 11.9 Å². The lowest BCUT2D eigenvalue weighted by Crippen LogP contribution is -2.19. The molecule has 3 heterocycles. The van der Waals surface area contributed by atoms with Crippen LogP contribution in [0.25, 0.3) is 27.4 Å². The molecule has 0 unspecified atom stereocenters. The van der Waals surface area contributed by atoms with E-state index >= 15 is 0 Å². The molecule has 4 aromatic rings. The molecule has 132 valence electrons.